The molecular weight excluding hydrogens is 416 g/mol. The lowest BCUT2D eigenvalue weighted by Gasteiger charge is -2.67. The molecule has 4 fully saturated rings. The molecule has 0 N–H and O–H groups in total. The van der Waals surface area contributed by atoms with Crippen LogP contribution in [0.5, 0.6) is 0 Å². The van der Waals surface area contributed by atoms with E-state index < -0.39 is 0 Å². The highest BCUT2D eigenvalue weighted by Gasteiger charge is 2.65. The minimum absolute atomic E-state index is 0.222. The van der Waals surface area contributed by atoms with Crippen molar-refractivity contribution in [3.63, 3.8) is 0 Å². The van der Waals surface area contributed by atoms with E-state index in [0.29, 0.717) is 22.2 Å². The first-order chi connectivity index (χ1) is 16.1. The first-order valence-electron chi connectivity index (χ1n) is 14.2. The first-order valence-corrected chi connectivity index (χ1v) is 14.2. The third-order valence-electron chi connectivity index (χ3n) is 12.4. The molecule has 4 aliphatic rings. The Morgan fingerprint density at radius 2 is 1.94 bits per heavy atom. The van der Waals surface area contributed by atoms with Gasteiger partial charge >= 0.3 is 0 Å². The van der Waals surface area contributed by atoms with Crippen molar-refractivity contribution in [2.75, 3.05) is 7.11 Å². The molecular formula is C31H48N2O. The summed E-state index contributed by atoms with van der Waals surface area (Å²) in [6.07, 6.45) is 23.5. The smallest absolute Gasteiger partial charge is 0.0878 e. The molecule has 4 aliphatic carbocycles. The Kier molecular flexibility index (Phi) is 6.03. The van der Waals surface area contributed by atoms with Crippen molar-refractivity contribution >= 4 is 0 Å². The summed E-state index contributed by atoms with van der Waals surface area (Å²) in [6, 6.07) is 0. The number of terminal acetylenes is 1. The van der Waals surface area contributed by atoms with E-state index in [1.807, 2.05) is 18.0 Å². The van der Waals surface area contributed by atoms with E-state index in [-0.39, 0.29) is 5.60 Å². The van der Waals surface area contributed by atoms with Gasteiger partial charge in [0.2, 0.25) is 0 Å². The van der Waals surface area contributed by atoms with E-state index >= 15 is 0 Å². The zero-order valence-electron chi connectivity index (χ0n) is 22.7. The number of hydrogen-bond donors (Lipinski definition) is 0. The lowest BCUT2D eigenvalue weighted by atomic mass is 9.38. The molecule has 0 amide bonds. The summed E-state index contributed by atoms with van der Waals surface area (Å²) in [4.78, 5) is 0. The van der Waals surface area contributed by atoms with Gasteiger partial charge in [-0.05, 0) is 111 Å². The Balaban J connectivity index is 1.42. The summed E-state index contributed by atoms with van der Waals surface area (Å²) in [5, 5.41) is 4.56. The molecule has 9 atom stereocenters. The molecule has 3 nitrogen and oxygen atoms in total. The number of methoxy groups -OCH3 is 1. The predicted octanol–water partition coefficient (Wildman–Crippen LogP) is 7.34. The lowest BCUT2D eigenvalue weighted by Crippen LogP contribution is -2.59. The second-order valence-corrected chi connectivity index (χ2v) is 13.6. The summed E-state index contributed by atoms with van der Waals surface area (Å²) in [7, 11) is 1.91. The van der Waals surface area contributed by atoms with Gasteiger partial charge in [0, 0.05) is 13.3 Å². The fourth-order valence-electron chi connectivity index (χ4n) is 10.8. The average Bonchev–Trinajstić information content (AvgIpc) is 3.42. The maximum absolute atomic E-state index is 6.36. The summed E-state index contributed by atoms with van der Waals surface area (Å²) in [5.41, 5.74) is 2.13. The van der Waals surface area contributed by atoms with Gasteiger partial charge in [0.05, 0.1) is 23.9 Å². The van der Waals surface area contributed by atoms with Crippen molar-refractivity contribution < 1.29 is 4.74 Å². The molecule has 0 saturated heterocycles. The SMILES string of the molecule is C#Cc1cnn(C[C@@](C)(OC)[C@H]2CCC3[C@@H]4CC[C@]5(C)C[C@@H](C)CC[C@]5(CC)C4CC[C@@]32C)c1. The summed E-state index contributed by atoms with van der Waals surface area (Å²) in [5.74, 6) is 6.87. The van der Waals surface area contributed by atoms with Crippen LogP contribution in [0.2, 0.25) is 0 Å². The molecule has 2 unspecified atom stereocenters. The standard InChI is InChI=1S/C31H48N2O/c1-8-23-19-32-33(20-23)21-30(6,34-7)27-11-10-25-24-13-15-28(4)18-22(3)12-17-31(28,9-2)26(24)14-16-29(25,27)5/h1,19-20,22,24-27H,9-18,21H2,2-7H3/t22-,24-,25?,26?,27-,28+,29-,30+,31+/m0/s1. The molecule has 1 aromatic rings. The van der Waals surface area contributed by atoms with Crippen LogP contribution in [0.4, 0.5) is 0 Å². The van der Waals surface area contributed by atoms with E-state index in [9.17, 15) is 0 Å². The van der Waals surface area contributed by atoms with E-state index in [2.05, 4.69) is 45.6 Å². The predicted molar refractivity (Wildman–Crippen MR) is 139 cm³/mol. The third kappa shape index (κ3) is 3.37. The van der Waals surface area contributed by atoms with Gasteiger partial charge in [-0.3, -0.25) is 4.68 Å². The van der Waals surface area contributed by atoms with Crippen LogP contribution < -0.4 is 0 Å². The van der Waals surface area contributed by atoms with Crippen LogP contribution in [0.15, 0.2) is 12.4 Å². The molecule has 1 heterocycles. The average molecular weight is 465 g/mol. The minimum Gasteiger partial charge on any atom is -0.376 e. The van der Waals surface area contributed by atoms with E-state index in [1.54, 1.807) is 6.20 Å². The molecule has 0 bridgehead atoms. The lowest BCUT2D eigenvalue weighted by molar-refractivity contribution is -0.183. The van der Waals surface area contributed by atoms with Gasteiger partial charge in [0.1, 0.15) is 0 Å². The van der Waals surface area contributed by atoms with Gasteiger partial charge in [0.15, 0.2) is 0 Å². The normalized spacial score (nSPS) is 45.5. The second-order valence-electron chi connectivity index (χ2n) is 13.6. The molecule has 3 heteroatoms. The number of aromatic nitrogens is 2. The number of nitrogens with zero attached hydrogens (tertiary/aromatic N) is 2. The van der Waals surface area contributed by atoms with Crippen molar-refractivity contribution in [1.82, 2.24) is 9.78 Å². The van der Waals surface area contributed by atoms with Crippen molar-refractivity contribution in [1.29, 1.82) is 0 Å². The largest absolute Gasteiger partial charge is 0.376 e. The maximum atomic E-state index is 6.36. The van der Waals surface area contributed by atoms with Gasteiger partial charge in [-0.2, -0.15) is 5.10 Å². The highest BCUT2D eigenvalue weighted by molar-refractivity contribution is 5.26. The van der Waals surface area contributed by atoms with Crippen LogP contribution in [0.1, 0.15) is 104 Å². The molecule has 0 spiro atoms. The van der Waals surface area contributed by atoms with Gasteiger partial charge in [-0.25, -0.2) is 0 Å². The molecule has 4 saturated carbocycles. The Morgan fingerprint density at radius 1 is 1.15 bits per heavy atom. The fourth-order valence-corrected chi connectivity index (χ4v) is 10.8. The van der Waals surface area contributed by atoms with Crippen LogP contribution in [0.3, 0.4) is 0 Å². The van der Waals surface area contributed by atoms with Gasteiger partial charge in [0.25, 0.3) is 0 Å². The molecule has 188 valence electrons. The van der Waals surface area contributed by atoms with Gasteiger partial charge in [-0.1, -0.05) is 40.0 Å². The van der Waals surface area contributed by atoms with Crippen LogP contribution in [-0.2, 0) is 11.3 Å². The Morgan fingerprint density at radius 3 is 2.62 bits per heavy atom. The summed E-state index contributed by atoms with van der Waals surface area (Å²) in [6.45, 7) is 13.5. The van der Waals surface area contributed by atoms with Crippen molar-refractivity contribution in [2.45, 2.75) is 111 Å². The van der Waals surface area contributed by atoms with Crippen molar-refractivity contribution in [3.05, 3.63) is 18.0 Å². The monoisotopic (exact) mass is 464 g/mol. The van der Waals surface area contributed by atoms with E-state index in [0.717, 1.165) is 35.8 Å². The van der Waals surface area contributed by atoms with Crippen LogP contribution in [-0.4, -0.2) is 22.5 Å². The van der Waals surface area contributed by atoms with Crippen LogP contribution in [0.25, 0.3) is 0 Å². The molecule has 0 aromatic carbocycles. The molecule has 0 aliphatic heterocycles. The molecule has 34 heavy (non-hydrogen) atoms. The van der Waals surface area contributed by atoms with Crippen molar-refractivity contribution in [2.24, 2.45) is 45.8 Å². The highest BCUT2D eigenvalue weighted by Crippen LogP contribution is 2.72. The van der Waals surface area contributed by atoms with Crippen LogP contribution in [0, 0.1) is 58.2 Å². The van der Waals surface area contributed by atoms with E-state index in [4.69, 9.17) is 11.2 Å². The minimum atomic E-state index is -0.222. The Labute approximate surface area is 208 Å². The van der Waals surface area contributed by atoms with E-state index in [1.165, 1.54) is 64.2 Å². The fraction of sp³-hybridized carbons (Fsp3) is 0.839. The molecule has 5 rings (SSSR count). The maximum Gasteiger partial charge on any atom is 0.0878 e. The van der Waals surface area contributed by atoms with Gasteiger partial charge < -0.3 is 4.74 Å². The topological polar surface area (TPSA) is 27.1 Å². The van der Waals surface area contributed by atoms with Crippen LogP contribution >= 0.6 is 0 Å². The third-order valence-corrected chi connectivity index (χ3v) is 12.4. The molecule has 1 aromatic heterocycles. The summed E-state index contributed by atoms with van der Waals surface area (Å²) < 4.78 is 8.38. The Hall–Kier alpha value is -1.27. The number of rotatable bonds is 5. The number of ether oxygens (including phenoxy) is 1. The number of fused-ring (bicyclic) bond motifs is 5. The quantitative estimate of drug-likeness (QED) is 0.426. The highest BCUT2D eigenvalue weighted by atomic mass is 16.5. The Bertz CT molecular complexity index is 945. The summed E-state index contributed by atoms with van der Waals surface area (Å²) >= 11 is 0. The first kappa shape index (κ1) is 24.4. The molecule has 0 radical (unpaired) electrons. The zero-order chi connectivity index (χ0) is 24.4. The number of hydrogen-bond acceptors (Lipinski definition) is 2. The van der Waals surface area contributed by atoms with Crippen molar-refractivity contribution in [3.8, 4) is 12.3 Å². The van der Waals surface area contributed by atoms with Gasteiger partial charge in [-0.15, -0.1) is 6.42 Å². The zero-order valence-corrected chi connectivity index (χ0v) is 22.7. The second kappa shape index (κ2) is 8.40.